The lowest BCUT2D eigenvalue weighted by atomic mass is 9.78. The Balaban J connectivity index is 1.91. The van der Waals surface area contributed by atoms with Gasteiger partial charge in [-0.1, -0.05) is 30.3 Å². The van der Waals surface area contributed by atoms with E-state index in [1.807, 2.05) is 18.2 Å². The summed E-state index contributed by atoms with van der Waals surface area (Å²) in [6, 6.07) is 10.4. The summed E-state index contributed by atoms with van der Waals surface area (Å²) in [5.74, 6) is -0.582. The topological polar surface area (TPSA) is 66.8 Å². The van der Waals surface area contributed by atoms with Gasteiger partial charge < -0.3 is 14.7 Å². The van der Waals surface area contributed by atoms with Crippen molar-refractivity contribution in [3.8, 4) is 0 Å². The molecule has 1 aromatic carbocycles. The Hall–Kier alpha value is -1.88. The maximum atomic E-state index is 12.6. The number of hydrogen-bond acceptors (Lipinski definition) is 3. The Morgan fingerprint density at radius 1 is 1.17 bits per heavy atom. The van der Waals surface area contributed by atoms with Gasteiger partial charge in [0.1, 0.15) is 6.54 Å². The van der Waals surface area contributed by atoms with Gasteiger partial charge in [-0.05, 0) is 37.2 Å². The van der Waals surface area contributed by atoms with Crippen molar-refractivity contribution in [2.24, 2.45) is 5.92 Å². The summed E-state index contributed by atoms with van der Waals surface area (Å²) in [4.78, 5) is 25.0. The predicted octanol–water partition coefficient (Wildman–Crippen LogP) is 2.52. The summed E-state index contributed by atoms with van der Waals surface area (Å²) in [5, 5.41) is 8.99. The van der Waals surface area contributed by atoms with Crippen LogP contribution in [0.15, 0.2) is 30.3 Å². The van der Waals surface area contributed by atoms with E-state index in [1.165, 1.54) is 10.5 Å². The zero-order valence-corrected chi connectivity index (χ0v) is 13.6. The van der Waals surface area contributed by atoms with E-state index in [2.05, 4.69) is 12.1 Å². The van der Waals surface area contributed by atoms with Crippen LogP contribution in [0, 0.1) is 5.92 Å². The maximum absolute atomic E-state index is 12.6. The molecule has 1 aromatic rings. The number of hydrogen-bond donors (Lipinski definition) is 1. The predicted molar refractivity (Wildman–Crippen MR) is 87.2 cm³/mol. The molecule has 1 aliphatic rings. The van der Waals surface area contributed by atoms with Gasteiger partial charge in [-0.25, -0.2) is 0 Å². The number of carbonyl (C=O) groups is 2. The van der Waals surface area contributed by atoms with Crippen LogP contribution in [0.3, 0.4) is 0 Å². The van der Waals surface area contributed by atoms with Crippen molar-refractivity contribution in [1.29, 1.82) is 0 Å². The van der Waals surface area contributed by atoms with E-state index in [1.54, 1.807) is 7.11 Å². The molecule has 0 unspecified atom stereocenters. The Kier molecular flexibility index (Phi) is 6.59. The number of rotatable bonds is 7. The molecule has 0 aliphatic heterocycles. The van der Waals surface area contributed by atoms with Crippen molar-refractivity contribution in [1.82, 2.24) is 4.90 Å². The number of nitrogens with zero attached hydrogens (tertiary/aromatic N) is 1. The number of carboxylic acids is 1. The average molecular weight is 319 g/mol. The molecule has 1 fully saturated rings. The summed E-state index contributed by atoms with van der Waals surface area (Å²) < 4.78 is 4.98. The molecule has 1 N–H and O–H groups in total. The van der Waals surface area contributed by atoms with Crippen molar-refractivity contribution in [2.75, 3.05) is 26.8 Å². The summed E-state index contributed by atoms with van der Waals surface area (Å²) >= 11 is 0. The van der Waals surface area contributed by atoms with E-state index in [9.17, 15) is 9.59 Å². The lowest BCUT2D eigenvalue weighted by Gasteiger charge is -2.31. The molecule has 0 atom stereocenters. The third-order valence-electron chi connectivity index (χ3n) is 4.55. The number of carboxylic acid groups (broad SMARTS) is 1. The Morgan fingerprint density at radius 3 is 2.39 bits per heavy atom. The number of methoxy groups -OCH3 is 1. The SMILES string of the molecule is COCCN(CC(=O)O)C(=O)C1CCC(c2ccccc2)CC1. The molecular weight excluding hydrogens is 294 g/mol. The van der Waals surface area contributed by atoms with E-state index in [4.69, 9.17) is 9.84 Å². The number of amides is 1. The van der Waals surface area contributed by atoms with Crippen LogP contribution >= 0.6 is 0 Å². The van der Waals surface area contributed by atoms with E-state index in [0.717, 1.165) is 25.7 Å². The van der Waals surface area contributed by atoms with Crippen LogP contribution < -0.4 is 0 Å². The Bertz CT molecular complexity index is 509. The maximum Gasteiger partial charge on any atom is 0.323 e. The summed E-state index contributed by atoms with van der Waals surface area (Å²) in [5.41, 5.74) is 1.33. The zero-order chi connectivity index (χ0) is 16.7. The molecule has 5 heteroatoms. The monoisotopic (exact) mass is 319 g/mol. The second-order valence-corrected chi connectivity index (χ2v) is 6.11. The van der Waals surface area contributed by atoms with E-state index < -0.39 is 5.97 Å². The van der Waals surface area contributed by atoms with Gasteiger partial charge in [-0.15, -0.1) is 0 Å². The fourth-order valence-electron chi connectivity index (χ4n) is 3.29. The number of benzene rings is 1. The van der Waals surface area contributed by atoms with Gasteiger partial charge in [0.15, 0.2) is 0 Å². The largest absolute Gasteiger partial charge is 0.480 e. The highest BCUT2D eigenvalue weighted by Crippen LogP contribution is 2.36. The van der Waals surface area contributed by atoms with Gasteiger partial charge in [0.2, 0.25) is 5.91 Å². The van der Waals surface area contributed by atoms with Gasteiger partial charge in [-0.3, -0.25) is 9.59 Å². The molecule has 1 amide bonds. The van der Waals surface area contributed by atoms with Crippen molar-refractivity contribution in [2.45, 2.75) is 31.6 Å². The van der Waals surface area contributed by atoms with E-state index in [0.29, 0.717) is 19.1 Å². The minimum absolute atomic E-state index is 0.0454. The zero-order valence-electron chi connectivity index (χ0n) is 13.6. The highest BCUT2D eigenvalue weighted by atomic mass is 16.5. The van der Waals surface area contributed by atoms with Gasteiger partial charge in [0.05, 0.1) is 6.61 Å². The minimum atomic E-state index is -0.979. The molecule has 0 bridgehead atoms. The highest BCUT2D eigenvalue weighted by Gasteiger charge is 2.30. The fourth-order valence-corrected chi connectivity index (χ4v) is 3.29. The molecular formula is C18H25NO4. The number of aliphatic carboxylic acids is 1. The standard InChI is InChI=1S/C18H25NO4/c1-23-12-11-19(13-17(20)21)18(22)16-9-7-15(8-10-16)14-5-3-2-4-6-14/h2-6,15-16H,7-13H2,1H3,(H,20,21). The van der Waals surface area contributed by atoms with Crippen LogP contribution in [0.2, 0.25) is 0 Å². The van der Waals surface area contributed by atoms with Crippen LogP contribution in [-0.4, -0.2) is 48.7 Å². The smallest absolute Gasteiger partial charge is 0.323 e. The number of carbonyl (C=O) groups excluding carboxylic acids is 1. The summed E-state index contributed by atoms with van der Waals surface area (Å²) in [6.07, 6.45) is 3.60. The van der Waals surface area contributed by atoms with Gasteiger partial charge in [-0.2, -0.15) is 0 Å². The average Bonchev–Trinajstić information content (AvgIpc) is 2.58. The summed E-state index contributed by atoms with van der Waals surface area (Å²) in [7, 11) is 1.55. The van der Waals surface area contributed by atoms with Crippen molar-refractivity contribution >= 4 is 11.9 Å². The second-order valence-electron chi connectivity index (χ2n) is 6.11. The molecule has 0 heterocycles. The third kappa shape index (κ3) is 5.06. The lowest BCUT2D eigenvalue weighted by molar-refractivity contribution is -0.147. The van der Waals surface area contributed by atoms with Gasteiger partial charge in [0, 0.05) is 19.6 Å². The number of ether oxygens (including phenoxy) is 1. The van der Waals surface area contributed by atoms with Crippen LogP contribution in [0.5, 0.6) is 0 Å². The third-order valence-corrected chi connectivity index (χ3v) is 4.55. The quantitative estimate of drug-likeness (QED) is 0.838. The molecule has 0 radical (unpaired) electrons. The van der Waals surface area contributed by atoms with Crippen molar-refractivity contribution in [3.05, 3.63) is 35.9 Å². The first-order valence-electron chi connectivity index (χ1n) is 8.16. The van der Waals surface area contributed by atoms with Crippen molar-refractivity contribution in [3.63, 3.8) is 0 Å². The van der Waals surface area contributed by atoms with Crippen LogP contribution in [0.25, 0.3) is 0 Å². The fraction of sp³-hybridized carbons (Fsp3) is 0.556. The van der Waals surface area contributed by atoms with Gasteiger partial charge >= 0.3 is 5.97 Å². The lowest BCUT2D eigenvalue weighted by Crippen LogP contribution is -2.42. The van der Waals surface area contributed by atoms with E-state index >= 15 is 0 Å². The second kappa shape index (κ2) is 8.67. The van der Waals surface area contributed by atoms with Crippen LogP contribution in [-0.2, 0) is 14.3 Å². The molecule has 0 saturated heterocycles. The minimum Gasteiger partial charge on any atom is -0.480 e. The van der Waals surface area contributed by atoms with Gasteiger partial charge in [0.25, 0.3) is 0 Å². The molecule has 5 nitrogen and oxygen atoms in total. The Labute approximate surface area is 137 Å². The first kappa shape index (κ1) is 17.5. The van der Waals surface area contributed by atoms with E-state index in [-0.39, 0.29) is 18.4 Å². The summed E-state index contributed by atoms with van der Waals surface area (Å²) in [6.45, 7) is 0.444. The first-order chi connectivity index (χ1) is 11.1. The molecule has 1 aliphatic carbocycles. The molecule has 1 saturated carbocycles. The Morgan fingerprint density at radius 2 is 1.83 bits per heavy atom. The molecule has 0 spiro atoms. The molecule has 2 rings (SSSR count). The molecule has 126 valence electrons. The normalized spacial score (nSPS) is 20.9. The first-order valence-corrected chi connectivity index (χ1v) is 8.16. The highest BCUT2D eigenvalue weighted by molar-refractivity contribution is 5.83. The van der Waals surface area contributed by atoms with Crippen LogP contribution in [0.4, 0.5) is 0 Å². The molecule has 23 heavy (non-hydrogen) atoms. The van der Waals surface area contributed by atoms with Crippen LogP contribution in [0.1, 0.15) is 37.2 Å². The molecule has 0 aromatic heterocycles. The van der Waals surface area contributed by atoms with Crippen molar-refractivity contribution < 1.29 is 19.4 Å².